The molecule has 0 fully saturated rings. The summed E-state index contributed by atoms with van der Waals surface area (Å²) in [5, 5.41) is 3.21. The third-order valence-electron chi connectivity index (χ3n) is 1.96. The molecule has 0 aliphatic carbocycles. The van der Waals surface area contributed by atoms with Gasteiger partial charge in [-0.3, -0.25) is 0 Å². The molecule has 1 aromatic heterocycles. The molecule has 0 saturated carbocycles. The van der Waals surface area contributed by atoms with Crippen LogP contribution in [0.4, 0.5) is 8.78 Å². The van der Waals surface area contributed by atoms with Gasteiger partial charge in [-0.05, 0) is 25.1 Å². The molecule has 0 saturated heterocycles. The normalized spacial score (nSPS) is 12.8. The van der Waals surface area contributed by atoms with Crippen molar-refractivity contribution in [1.82, 2.24) is 10.1 Å². The third kappa shape index (κ3) is 2.04. The van der Waals surface area contributed by atoms with Gasteiger partial charge < -0.3 is 4.52 Å². The van der Waals surface area contributed by atoms with Gasteiger partial charge >= 0.3 is 0 Å². The van der Waals surface area contributed by atoms with E-state index < -0.39 is 17.0 Å². The van der Waals surface area contributed by atoms with E-state index in [9.17, 15) is 8.78 Å². The van der Waals surface area contributed by atoms with Gasteiger partial charge in [0.15, 0.2) is 17.5 Å². The molecule has 1 unspecified atom stereocenters. The van der Waals surface area contributed by atoms with Crippen LogP contribution in [0.15, 0.2) is 22.7 Å². The lowest BCUT2D eigenvalue weighted by molar-refractivity contribution is 0.422. The Morgan fingerprint density at radius 3 is 2.62 bits per heavy atom. The van der Waals surface area contributed by atoms with Crippen LogP contribution < -0.4 is 0 Å². The second kappa shape index (κ2) is 4.17. The van der Waals surface area contributed by atoms with Crippen LogP contribution in [-0.2, 0) is 0 Å². The first-order chi connectivity index (χ1) is 7.58. The summed E-state index contributed by atoms with van der Waals surface area (Å²) in [6.07, 6.45) is 0. The Balaban J connectivity index is 2.39. The minimum Gasteiger partial charge on any atom is -0.334 e. The van der Waals surface area contributed by atoms with Crippen LogP contribution in [0.25, 0.3) is 11.5 Å². The van der Waals surface area contributed by atoms with Crippen molar-refractivity contribution in [1.29, 1.82) is 0 Å². The molecular formula is C10H7ClF2N2O. The molecule has 6 heteroatoms. The number of benzene rings is 1. The molecule has 2 aromatic rings. The summed E-state index contributed by atoms with van der Waals surface area (Å²) in [7, 11) is 0. The Morgan fingerprint density at radius 1 is 1.31 bits per heavy atom. The van der Waals surface area contributed by atoms with E-state index in [2.05, 4.69) is 10.1 Å². The first kappa shape index (κ1) is 11.0. The standard InChI is InChI=1S/C10H7ClF2N2O/c1-5(11)9-14-10(16-15-9)6-2-3-7(12)8(13)4-6/h2-5H,1H3. The fourth-order valence-corrected chi connectivity index (χ4v) is 1.23. The quantitative estimate of drug-likeness (QED) is 0.761. The van der Waals surface area contributed by atoms with Crippen LogP contribution >= 0.6 is 11.6 Å². The summed E-state index contributed by atoms with van der Waals surface area (Å²) in [6, 6.07) is 3.35. The maximum atomic E-state index is 12.9. The second-order valence-electron chi connectivity index (χ2n) is 3.20. The Hall–Kier alpha value is -1.49. The Kier molecular flexibility index (Phi) is 2.87. The molecule has 0 bridgehead atoms. The third-order valence-corrected chi connectivity index (χ3v) is 2.16. The molecule has 1 aromatic carbocycles. The number of hydrogen-bond donors (Lipinski definition) is 0. The van der Waals surface area contributed by atoms with Crippen LogP contribution in [0.3, 0.4) is 0 Å². The van der Waals surface area contributed by atoms with Crippen molar-refractivity contribution in [3.05, 3.63) is 35.7 Å². The zero-order valence-corrected chi connectivity index (χ0v) is 9.00. The van der Waals surface area contributed by atoms with Crippen molar-refractivity contribution in [3.63, 3.8) is 0 Å². The molecule has 16 heavy (non-hydrogen) atoms. The highest BCUT2D eigenvalue weighted by Crippen LogP contribution is 2.23. The molecule has 0 spiro atoms. The van der Waals surface area contributed by atoms with Crippen LogP contribution in [0.1, 0.15) is 18.1 Å². The summed E-state index contributed by atoms with van der Waals surface area (Å²) in [4.78, 5) is 3.95. The zero-order valence-electron chi connectivity index (χ0n) is 8.25. The molecule has 0 amide bonds. The smallest absolute Gasteiger partial charge is 0.258 e. The fraction of sp³-hybridized carbons (Fsp3) is 0.200. The molecular weight excluding hydrogens is 238 g/mol. The molecule has 1 heterocycles. The highest BCUT2D eigenvalue weighted by Gasteiger charge is 2.14. The van der Waals surface area contributed by atoms with E-state index in [1.54, 1.807) is 6.92 Å². The summed E-state index contributed by atoms with van der Waals surface area (Å²) >= 11 is 5.74. The Morgan fingerprint density at radius 2 is 2.06 bits per heavy atom. The average Bonchev–Trinajstić information content (AvgIpc) is 2.71. The summed E-state index contributed by atoms with van der Waals surface area (Å²) < 4.78 is 30.5. The highest BCUT2D eigenvalue weighted by molar-refractivity contribution is 6.20. The van der Waals surface area contributed by atoms with E-state index >= 15 is 0 Å². The van der Waals surface area contributed by atoms with E-state index in [1.807, 2.05) is 0 Å². The number of hydrogen-bond acceptors (Lipinski definition) is 3. The largest absolute Gasteiger partial charge is 0.334 e. The van der Waals surface area contributed by atoms with Gasteiger partial charge in [-0.15, -0.1) is 11.6 Å². The molecule has 0 radical (unpaired) electrons. The molecule has 0 N–H and O–H groups in total. The molecule has 0 aliphatic heterocycles. The predicted octanol–water partition coefficient (Wildman–Crippen LogP) is 3.31. The zero-order chi connectivity index (χ0) is 11.7. The minimum atomic E-state index is -0.962. The van der Waals surface area contributed by atoms with Crippen LogP contribution in [-0.4, -0.2) is 10.1 Å². The molecule has 84 valence electrons. The van der Waals surface area contributed by atoms with Crippen molar-refractivity contribution in [2.45, 2.75) is 12.3 Å². The maximum absolute atomic E-state index is 12.9. The van der Waals surface area contributed by atoms with Crippen LogP contribution in [0.5, 0.6) is 0 Å². The van der Waals surface area contributed by atoms with E-state index in [-0.39, 0.29) is 5.89 Å². The first-order valence-corrected chi connectivity index (χ1v) is 4.94. The van der Waals surface area contributed by atoms with Crippen molar-refractivity contribution in [3.8, 4) is 11.5 Å². The minimum absolute atomic E-state index is 0.112. The van der Waals surface area contributed by atoms with Gasteiger partial charge in [0.1, 0.15) is 0 Å². The highest BCUT2D eigenvalue weighted by atomic mass is 35.5. The maximum Gasteiger partial charge on any atom is 0.258 e. The summed E-state index contributed by atoms with van der Waals surface area (Å²) in [5.41, 5.74) is 0.315. The molecule has 2 rings (SSSR count). The lowest BCUT2D eigenvalue weighted by Gasteiger charge is -1.95. The lowest BCUT2D eigenvalue weighted by atomic mass is 10.2. The van der Waals surface area contributed by atoms with Gasteiger partial charge in [0.25, 0.3) is 5.89 Å². The number of alkyl halides is 1. The number of nitrogens with zero attached hydrogens (tertiary/aromatic N) is 2. The van der Waals surface area contributed by atoms with E-state index in [4.69, 9.17) is 16.1 Å². The van der Waals surface area contributed by atoms with Gasteiger partial charge in [-0.2, -0.15) is 4.98 Å². The van der Waals surface area contributed by atoms with Crippen molar-refractivity contribution in [2.75, 3.05) is 0 Å². The van der Waals surface area contributed by atoms with Gasteiger partial charge in [0.05, 0.1) is 5.38 Å². The van der Waals surface area contributed by atoms with Crippen LogP contribution in [0, 0.1) is 11.6 Å². The average molecular weight is 245 g/mol. The fourth-order valence-electron chi connectivity index (χ4n) is 1.14. The molecule has 1 atom stereocenters. The number of rotatable bonds is 2. The van der Waals surface area contributed by atoms with Gasteiger partial charge in [0.2, 0.25) is 0 Å². The molecule has 3 nitrogen and oxygen atoms in total. The van der Waals surface area contributed by atoms with Crippen molar-refractivity contribution < 1.29 is 13.3 Å². The molecule has 0 aliphatic rings. The Labute approximate surface area is 95.0 Å². The first-order valence-electron chi connectivity index (χ1n) is 4.51. The Bertz CT molecular complexity index is 513. The van der Waals surface area contributed by atoms with Gasteiger partial charge in [-0.25, -0.2) is 8.78 Å². The van der Waals surface area contributed by atoms with Crippen molar-refractivity contribution >= 4 is 11.6 Å². The van der Waals surface area contributed by atoms with E-state index in [0.717, 1.165) is 12.1 Å². The van der Waals surface area contributed by atoms with Gasteiger partial charge in [-0.1, -0.05) is 5.16 Å². The second-order valence-corrected chi connectivity index (χ2v) is 3.86. The summed E-state index contributed by atoms with van der Waals surface area (Å²) in [6.45, 7) is 1.68. The number of halogens is 3. The topological polar surface area (TPSA) is 38.9 Å². The van der Waals surface area contributed by atoms with E-state index in [1.165, 1.54) is 6.07 Å². The lowest BCUT2D eigenvalue weighted by Crippen LogP contribution is -1.88. The van der Waals surface area contributed by atoms with Crippen molar-refractivity contribution in [2.24, 2.45) is 0 Å². The summed E-state index contributed by atoms with van der Waals surface area (Å²) in [5.74, 6) is -1.46. The SMILES string of the molecule is CC(Cl)c1noc(-c2ccc(F)c(F)c2)n1. The van der Waals surface area contributed by atoms with Crippen LogP contribution in [0.2, 0.25) is 0 Å². The van der Waals surface area contributed by atoms with Gasteiger partial charge in [0, 0.05) is 5.56 Å². The van der Waals surface area contributed by atoms with E-state index in [0.29, 0.717) is 11.4 Å². The number of aromatic nitrogens is 2. The predicted molar refractivity (Wildman–Crippen MR) is 53.9 cm³/mol. The monoisotopic (exact) mass is 244 g/mol.